The molecule has 2 aromatic rings. The van der Waals surface area contributed by atoms with E-state index < -0.39 is 0 Å². The molecule has 0 amide bonds. The van der Waals surface area contributed by atoms with Gasteiger partial charge in [-0.2, -0.15) is 4.37 Å². The van der Waals surface area contributed by atoms with Gasteiger partial charge in [-0.1, -0.05) is 12.1 Å². The third-order valence-electron chi connectivity index (χ3n) is 3.63. The van der Waals surface area contributed by atoms with E-state index in [1.807, 2.05) is 36.8 Å². The van der Waals surface area contributed by atoms with Crippen LogP contribution in [0.5, 0.6) is 5.75 Å². The molecule has 0 atom stereocenters. The molecule has 1 aromatic carbocycles. The first-order valence-electron chi connectivity index (χ1n) is 7.46. The number of carbonyl (C=O) groups excluding carboxylic acids is 1. The lowest BCUT2D eigenvalue weighted by Gasteiger charge is -2.29. The summed E-state index contributed by atoms with van der Waals surface area (Å²) < 4.78 is 16.4. The molecule has 0 bridgehead atoms. The lowest BCUT2D eigenvalue weighted by Crippen LogP contribution is -2.36. The molecule has 128 valence electrons. The average molecular weight is 383 g/mol. The van der Waals surface area contributed by atoms with Crippen molar-refractivity contribution in [1.29, 1.82) is 0 Å². The maximum atomic E-state index is 12.7. The summed E-state index contributed by atoms with van der Waals surface area (Å²) in [5.41, 5.74) is 1.49. The SMILES string of the molecule is CSc1nsc(SC)c1C(=O)Oc1ccccc1N1CCOCC1. The lowest BCUT2D eigenvalue weighted by molar-refractivity contribution is 0.0727. The van der Waals surface area contributed by atoms with Crippen molar-refractivity contribution >= 4 is 46.7 Å². The van der Waals surface area contributed by atoms with Crippen molar-refractivity contribution < 1.29 is 14.3 Å². The highest BCUT2D eigenvalue weighted by Gasteiger charge is 2.24. The minimum Gasteiger partial charge on any atom is -0.421 e. The number of hydrogen-bond donors (Lipinski definition) is 0. The Balaban J connectivity index is 1.86. The van der Waals surface area contributed by atoms with Crippen LogP contribution in [0.3, 0.4) is 0 Å². The summed E-state index contributed by atoms with van der Waals surface area (Å²) >= 11 is 4.31. The fourth-order valence-electron chi connectivity index (χ4n) is 2.47. The first-order chi connectivity index (χ1) is 11.7. The van der Waals surface area contributed by atoms with E-state index in [-0.39, 0.29) is 5.97 Å². The number of aromatic nitrogens is 1. The highest BCUT2D eigenvalue weighted by Crippen LogP contribution is 2.35. The monoisotopic (exact) mass is 382 g/mol. The van der Waals surface area contributed by atoms with Crippen LogP contribution in [-0.2, 0) is 4.74 Å². The van der Waals surface area contributed by atoms with E-state index in [9.17, 15) is 4.79 Å². The van der Waals surface area contributed by atoms with Gasteiger partial charge < -0.3 is 14.4 Å². The Bertz CT molecular complexity index is 693. The number of para-hydroxylation sites is 2. The van der Waals surface area contributed by atoms with Gasteiger partial charge in [0.2, 0.25) is 0 Å². The van der Waals surface area contributed by atoms with E-state index in [2.05, 4.69) is 9.27 Å². The zero-order chi connectivity index (χ0) is 16.9. The molecule has 0 spiro atoms. The summed E-state index contributed by atoms with van der Waals surface area (Å²) in [6.45, 7) is 2.95. The van der Waals surface area contributed by atoms with Crippen LogP contribution in [0.25, 0.3) is 0 Å². The second kappa shape index (κ2) is 8.24. The lowest BCUT2D eigenvalue weighted by atomic mass is 10.2. The number of hydrogen-bond acceptors (Lipinski definition) is 8. The predicted octanol–water partition coefficient (Wildman–Crippen LogP) is 3.64. The van der Waals surface area contributed by atoms with E-state index in [0.717, 1.165) is 28.0 Å². The van der Waals surface area contributed by atoms with Crippen LogP contribution in [0.2, 0.25) is 0 Å². The molecule has 2 heterocycles. The molecule has 1 aromatic heterocycles. The van der Waals surface area contributed by atoms with Crippen molar-refractivity contribution in [2.45, 2.75) is 9.24 Å². The van der Waals surface area contributed by atoms with Gasteiger partial charge in [0.15, 0.2) is 5.75 Å². The molecule has 8 heteroatoms. The minimum atomic E-state index is -0.349. The van der Waals surface area contributed by atoms with Gasteiger partial charge in [0.1, 0.15) is 10.6 Å². The number of rotatable bonds is 5. The Morgan fingerprint density at radius 1 is 1.25 bits per heavy atom. The second-order valence-corrected chi connectivity index (χ2v) is 7.66. The smallest absolute Gasteiger partial charge is 0.348 e. The van der Waals surface area contributed by atoms with Gasteiger partial charge in [0.25, 0.3) is 0 Å². The summed E-state index contributed by atoms with van der Waals surface area (Å²) in [6, 6.07) is 7.64. The highest BCUT2D eigenvalue weighted by atomic mass is 32.2. The quantitative estimate of drug-likeness (QED) is 0.444. The van der Waals surface area contributed by atoms with Crippen LogP contribution < -0.4 is 9.64 Å². The van der Waals surface area contributed by atoms with Gasteiger partial charge >= 0.3 is 5.97 Å². The van der Waals surface area contributed by atoms with E-state index in [4.69, 9.17) is 9.47 Å². The van der Waals surface area contributed by atoms with Crippen LogP contribution in [0.15, 0.2) is 33.5 Å². The van der Waals surface area contributed by atoms with Crippen LogP contribution in [0.4, 0.5) is 5.69 Å². The summed E-state index contributed by atoms with van der Waals surface area (Å²) in [5.74, 6) is 0.230. The molecule has 1 saturated heterocycles. The Kier molecular flexibility index (Phi) is 6.04. The summed E-state index contributed by atoms with van der Waals surface area (Å²) in [6.07, 6.45) is 3.85. The van der Waals surface area contributed by atoms with E-state index in [1.54, 1.807) is 0 Å². The largest absolute Gasteiger partial charge is 0.421 e. The molecular weight excluding hydrogens is 364 g/mol. The van der Waals surface area contributed by atoms with Gasteiger partial charge in [-0.05, 0) is 36.2 Å². The fraction of sp³-hybridized carbons (Fsp3) is 0.375. The molecule has 0 N–H and O–H groups in total. The van der Waals surface area contributed by atoms with Crippen molar-refractivity contribution in [2.24, 2.45) is 0 Å². The maximum Gasteiger partial charge on any atom is 0.348 e. The molecule has 0 radical (unpaired) electrons. The number of anilines is 1. The Hall–Kier alpha value is -1.22. The van der Waals surface area contributed by atoms with Gasteiger partial charge in [-0.3, -0.25) is 0 Å². The van der Waals surface area contributed by atoms with E-state index in [0.29, 0.717) is 24.5 Å². The zero-order valence-electron chi connectivity index (χ0n) is 13.5. The Labute approximate surface area is 153 Å². The van der Waals surface area contributed by atoms with Crippen molar-refractivity contribution in [3.8, 4) is 5.75 Å². The Morgan fingerprint density at radius 3 is 2.71 bits per heavy atom. The maximum absolute atomic E-state index is 12.7. The summed E-state index contributed by atoms with van der Waals surface area (Å²) in [5, 5.41) is 0.721. The van der Waals surface area contributed by atoms with Crippen LogP contribution in [-0.4, -0.2) is 49.2 Å². The molecule has 1 fully saturated rings. The van der Waals surface area contributed by atoms with Gasteiger partial charge in [0.05, 0.1) is 23.1 Å². The number of benzene rings is 1. The highest BCUT2D eigenvalue weighted by molar-refractivity contribution is 8.01. The van der Waals surface area contributed by atoms with Gasteiger partial charge in [0, 0.05) is 13.1 Å². The number of thioether (sulfide) groups is 2. The second-order valence-electron chi connectivity index (χ2n) is 5.02. The average Bonchev–Trinajstić information content (AvgIpc) is 3.06. The molecule has 3 rings (SSSR count). The molecule has 5 nitrogen and oxygen atoms in total. The van der Waals surface area contributed by atoms with Gasteiger partial charge in [-0.15, -0.1) is 23.5 Å². The molecule has 1 aliphatic rings. The van der Waals surface area contributed by atoms with Crippen LogP contribution in [0, 0.1) is 0 Å². The molecule has 0 aliphatic carbocycles. The van der Waals surface area contributed by atoms with Crippen LogP contribution in [0.1, 0.15) is 10.4 Å². The van der Waals surface area contributed by atoms with E-state index in [1.165, 1.54) is 35.1 Å². The molecular formula is C16H18N2O3S3. The first-order valence-corrected chi connectivity index (χ1v) is 10.7. The number of ether oxygens (including phenoxy) is 2. The number of nitrogens with zero attached hydrogens (tertiary/aromatic N) is 2. The Morgan fingerprint density at radius 2 is 2.00 bits per heavy atom. The topological polar surface area (TPSA) is 51.7 Å². The fourth-order valence-corrected chi connectivity index (χ4v) is 4.72. The van der Waals surface area contributed by atoms with Crippen LogP contribution >= 0.6 is 35.1 Å². The van der Waals surface area contributed by atoms with Crippen molar-refractivity contribution in [2.75, 3.05) is 43.7 Å². The van der Waals surface area contributed by atoms with E-state index >= 15 is 0 Å². The summed E-state index contributed by atoms with van der Waals surface area (Å²) in [4.78, 5) is 14.9. The van der Waals surface area contributed by atoms with Crippen molar-refractivity contribution in [3.05, 3.63) is 29.8 Å². The zero-order valence-corrected chi connectivity index (χ0v) is 15.9. The summed E-state index contributed by atoms with van der Waals surface area (Å²) in [7, 11) is 0. The minimum absolute atomic E-state index is 0.349. The van der Waals surface area contributed by atoms with Gasteiger partial charge in [-0.25, -0.2) is 4.79 Å². The third-order valence-corrected chi connectivity index (χ3v) is 6.37. The standard InChI is InChI=1S/C16H18N2O3S3/c1-22-14-13(16(23-2)24-17-14)15(19)21-12-6-4-3-5-11(12)18-7-9-20-10-8-18/h3-6H,7-10H2,1-2H3. The normalized spacial score (nSPS) is 14.7. The van der Waals surface area contributed by atoms with Crippen molar-refractivity contribution in [1.82, 2.24) is 4.37 Å². The number of esters is 1. The third kappa shape index (κ3) is 3.72. The molecule has 1 aliphatic heterocycles. The van der Waals surface area contributed by atoms with Crippen molar-refractivity contribution in [3.63, 3.8) is 0 Å². The first kappa shape index (κ1) is 17.6. The number of carbonyl (C=O) groups is 1. The number of morpholine rings is 1. The predicted molar refractivity (Wildman–Crippen MR) is 100 cm³/mol. The molecule has 0 saturated carbocycles. The molecule has 0 unspecified atom stereocenters. The molecule has 24 heavy (non-hydrogen) atoms.